The standard InChI is InChI=1S/C10H15N7/c1-3-5(2)7-13-4-6(14-7)8-15-9(11)17-10(12)16-8/h4-5H,3H2,1-2H3,(H,13,14)(H4,11,12,15,16,17). The van der Waals surface area contributed by atoms with Gasteiger partial charge in [-0.1, -0.05) is 13.8 Å². The average Bonchev–Trinajstić information content (AvgIpc) is 2.76. The van der Waals surface area contributed by atoms with Crippen LogP contribution in [0.4, 0.5) is 11.9 Å². The van der Waals surface area contributed by atoms with Gasteiger partial charge < -0.3 is 16.5 Å². The van der Waals surface area contributed by atoms with E-state index in [0.717, 1.165) is 12.2 Å². The van der Waals surface area contributed by atoms with E-state index < -0.39 is 0 Å². The Morgan fingerprint density at radius 3 is 2.41 bits per heavy atom. The smallest absolute Gasteiger partial charge is 0.225 e. The molecule has 0 bridgehead atoms. The highest BCUT2D eigenvalue weighted by Gasteiger charge is 2.12. The molecule has 0 amide bonds. The molecule has 17 heavy (non-hydrogen) atoms. The van der Waals surface area contributed by atoms with E-state index in [2.05, 4.69) is 38.8 Å². The van der Waals surface area contributed by atoms with Gasteiger partial charge in [-0.15, -0.1) is 0 Å². The van der Waals surface area contributed by atoms with Crippen LogP contribution in [0.3, 0.4) is 0 Å². The maximum absolute atomic E-state index is 5.51. The van der Waals surface area contributed by atoms with Gasteiger partial charge in [0.15, 0.2) is 5.82 Å². The van der Waals surface area contributed by atoms with E-state index in [0.29, 0.717) is 17.4 Å². The molecule has 0 aromatic carbocycles. The molecule has 2 aromatic heterocycles. The lowest BCUT2D eigenvalue weighted by Crippen LogP contribution is -2.04. The van der Waals surface area contributed by atoms with E-state index in [4.69, 9.17) is 11.5 Å². The van der Waals surface area contributed by atoms with Gasteiger partial charge in [0, 0.05) is 12.1 Å². The van der Waals surface area contributed by atoms with E-state index in [1.165, 1.54) is 0 Å². The van der Waals surface area contributed by atoms with Crippen molar-refractivity contribution in [1.82, 2.24) is 24.9 Å². The number of H-pyrrole nitrogens is 1. The zero-order chi connectivity index (χ0) is 12.4. The quantitative estimate of drug-likeness (QED) is 0.725. The lowest BCUT2D eigenvalue weighted by atomic mass is 10.1. The predicted octanol–water partition coefficient (Wildman–Crippen LogP) is 0.940. The fourth-order valence-electron chi connectivity index (χ4n) is 1.42. The summed E-state index contributed by atoms with van der Waals surface area (Å²) >= 11 is 0. The van der Waals surface area contributed by atoms with Gasteiger partial charge >= 0.3 is 0 Å². The summed E-state index contributed by atoms with van der Waals surface area (Å²) < 4.78 is 0. The number of nitrogens with zero attached hydrogens (tertiary/aromatic N) is 4. The van der Waals surface area contributed by atoms with Crippen molar-refractivity contribution in [3.8, 4) is 11.5 Å². The molecule has 0 saturated carbocycles. The summed E-state index contributed by atoms with van der Waals surface area (Å²) in [6, 6.07) is 0. The highest BCUT2D eigenvalue weighted by Crippen LogP contribution is 2.19. The molecule has 0 radical (unpaired) electrons. The number of anilines is 2. The molecule has 2 heterocycles. The summed E-state index contributed by atoms with van der Waals surface area (Å²) in [6.45, 7) is 4.20. The molecule has 0 saturated heterocycles. The first kappa shape index (κ1) is 11.3. The summed E-state index contributed by atoms with van der Waals surface area (Å²) in [6.07, 6.45) is 2.75. The van der Waals surface area contributed by atoms with Gasteiger partial charge in [-0.25, -0.2) is 4.98 Å². The van der Waals surface area contributed by atoms with Crippen molar-refractivity contribution in [2.24, 2.45) is 0 Å². The van der Waals surface area contributed by atoms with Crippen LogP contribution in [0.15, 0.2) is 6.20 Å². The molecule has 2 aromatic rings. The first-order valence-electron chi connectivity index (χ1n) is 5.42. The van der Waals surface area contributed by atoms with Crippen molar-refractivity contribution in [2.75, 3.05) is 11.5 Å². The molecule has 0 fully saturated rings. The molecule has 7 heteroatoms. The molecule has 0 aliphatic heterocycles. The highest BCUT2D eigenvalue weighted by molar-refractivity contribution is 5.51. The van der Waals surface area contributed by atoms with Gasteiger partial charge in [0.2, 0.25) is 11.9 Å². The van der Waals surface area contributed by atoms with Gasteiger partial charge in [-0.2, -0.15) is 15.0 Å². The minimum absolute atomic E-state index is 0.0978. The van der Waals surface area contributed by atoms with Crippen LogP contribution in [0.2, 0.25) is 0 Å². The summed E-state index contributed by atoms with van der Waals surface area (Å²) in [5.74, 6) is 1.85. The molecular formula is C10H15N7. The minimum atomic E-state index is 0.0978. The number of imidazole rings is 1. The van der Waals surface area contributed by atoms with E-state index in [9.17, 15) is 0 Å². The van der Waals surface area contributed by atoms with Crippen molar-refractivity contribution >= 4 is 11.9 Å². The molecule has 5 N–H and O–H groups in total. The van der Waals surface area contributed by atoms with Crippen molar-refractivity contribution in [2.45, 2.75) is 26.2 Å². The third kappa shape index (κ3) is 2.32. The number of nitrogens with two attached hydrogens (primary N) is 2. The van der Waals surface area contributed by atoms with Crippen molar-refractivity contribution < 1.29 is 0 Å². The number of rotatable bonds is 3. The number of aromatic amines is 1. The number of aromatic nitrogens is 5. The number of nitrogen functional groups attached to an aromatic ring is 2. The summed E-state index contributed by atoms with van der Waals surface area (Å²) in [4.78, 5) is 19.2. The summed E-state index contributed by atoms with van der Waals surface area (Å²) in [7, 11) is 0. The lowest BCUT2D eigenvalue weighted by Gasteiger charge is -2.02. The Balaban J connectivity index is 2.36. The molecule has 0 spiro atoms. The molecule has 90 valence electrons. The van der Waals surface area contributed by atoms with E-state index in [1.807, 2.05) is 0 Å². The highest BCUT2D eigenvalue weighted by atomic mass is 15.1. The minimum Gasteiger partial charge on any atom is -0.368 e. The number of hydrogen-bond acceptors (Lipinski definition) is 6. The normalized spacial score (nSPS) is 12.6. The third-order valence-electron chi connectivity index (χ3n) is 2.58. The molecule has 1 unspecified atom stereocenters. The van der Waals surface area contributed by atoms with Gasteiger partial charge in [0.25, 0.3) is 0 Å². The molecule has 0 aliphatic rings. The third-order valence-corrected chi connectivity index (χ3v) is 2.58. The average molecular weight is 233 g/mol. The Morgan fingerprint density at radius 1 is 1.18 bits per heavy atom. The van der Waals surface area contributed by atoms with Crippen molar-refractivity contribution in [3.05, 3.63) is 12.0 Å². The fourth-order valence-corrected chi connectivity index (χ4v) is 1.42. The van der Waals surface area contributed by atoms with Gasteiger partial charge in [0.1, 0.15) is 11.5 Å². The van der Waals surface area contributed by atoms with Gasteiger partial charge in [-0.05, 0) is 6.42 Å². The van der Waals surface area contributed by atoms with Crippen LogP contribution in [0.25, 0.3) is 11.5 Å². The first-order chi connectivity index (χ1) is 8.10. The fraction of sp³-hybridized carbons (Fsp3) is 0.400. The van der Waals surface area contributed by atoms with Crippen LogP contribution in [0, 0.1) is 0 Å². The Kier molecular flexibility index (Phi) is 2.90. The van der Waals surface area contributed by atoms with Gasteiger partial charge in [0.05, 0.1) is 0 Å². The SMILES string of the molecule is CCC(C)c1nc(-c2nc(N)nc(N)n2)c[nH]1. The molecule has 7 nitrogen and oxygen atoms in total. The molecular weight excluding hydrogens is 218 g/mol. The Hall–Kier alpha value is -2.18. The van der Waals surface area contributed by atoms with Crippen LogP contribution >= 0.6 is 0 Å². The maximum Gasteiger partial charge on any atom is 0.225 e. The summed E-state index contributed by atoms with van der Waals surface area (Å²) in [5, 5.41) is 0. The monoisotopic (exact) mass is 233 g/mol. The second-order valence-electron chi connectivity index (χ2n) is 3.86. The topological polar surface area (TPSA) is 119 Å². The Labute approximate surface area is 98.7 Å². The Morgan fingerprint density at radius 2 is 1.82 bits per heavy atom. The second kappa shape index (κ2) is 4.36. The Bertz CT molecular complexity index is 499. The second-order valence-corrected chi connectivity index (χ2v) is 3.86. The maximum atomic E-state index is 5.51. The van der Waals surface area contributed by atoms with E-state index in [-0.39, 0.29) is 11.9 Å². The van der Waals surface area contributed by atoms with Crippen molar-refractivity contribution in [3.63, 3.8) is 0 Å². The van der Waals surface area contributed by atoms with Gasteiger partial charge in [-0.3, -0.25) is 0 Å². The van der Waals surface area contributed by atoms with Crippen LogP contribution in [0.5, 0.6) is 0 Å². The van der Waals surface area contributed by atoms with Crippen LogP contribution in [0.1, 0.15) is 32.0 Å². The zero-order valence-electron chi connectivity index (χ0n) is 9.81. The number of nitrogens with one attached hydrogen (secondary N) is 1. The molecule has 0 aliphatic carbocycles. The van der Waals surface area contributed by atoms with Crippen LogP contribution in [-0.4, -0.2) is 24.9 Å². The zero-order valence-corrected chi connectivity index (χ0v) is 9.81. The first-order valence-corrected chi connectivity index (χ1v) is 5.42. The molecule has 2 rings (SSSR count). The summed E-state index contributed by atoms with van der Waals surface area (Å²) in [5.41, 5.74) is 11.6. The van der Waals surface area contributed by atoms with Crippen molar-refractivity contribution in [1.29, 1.82) is 0 Å². The lowest BCUT2D eigenvalue weighted by molar-refractivity contribution is 0.689. The van der Waals surface area contributed by atoms with E-state index >= 15 is 0 Å². The molecule has 1 atom stereocenters. The predicted molar refractivity (Wildman–Crippen MR) is 64.9 cm³/mol. The number of hydrogen-bond donors (Lipinski definition) is 3. The van der Waals surface area contributed by atoms with Crippen LogP contribution in [-0.2, 0) is 0 Å². The van der Waals surface area contributed by atoms with Crippen LogP contribution < -0.4 is 11.5 Å². The largest absolute Gasteiger partial charge is 0.368 e. The van der Waals surface area contributed by atoms with E-state index in [1.54, 1.807) is 6.20 Å².